The Kier molecular flexibility index (Phi) is 10.5. The molecular formula is C35H44N2O5S. The van der Waals surface area contributed by atoms with E-state index < -0.39 is 27.8 Å². The fourth-order valence-corrected chi connectivity index (χ4v) is 7.14. The Morgan fingerprint density at radius 3 is 2.19 bits per heavy atom. The van der Waals surface area contributed by atoms with Crippen LogP contribution < -0.4 is 5.32 Å². The molecule has 4 rings (SSSR count). The van der Waals surface area contributed by atoms with Gasteiger partial charge < -0.3 is 10.4 Å². The minimum absolute atomic E-state index is 0.0444. The third-order valence-corrected chi connectivity index (χ3v) is 9.62. The standard InChI is InChI=1S/C35H44N2O5S/c1-25(2)37(35(19-10-11-20-35)23-27-13-6-5-7-14-27)24-28-16-17-30(31(22-28)29-15-9-8-12-26(29)3)33(38)36-32(34(39)40)18-21-43(4,41)42/h5-9,12-17,22,25,32H,10-11,18-21,23-24H2,1-4H3,(H,36,38)(H,39,40). The van der Waals surface area contributed by atoms with Gasteiger partial charge in [0.2, 0.25) is 0 Å². The predicted molar refractivity (Wildman–Crippen MR) is 172 cm³/mol. The Balaban J connectivity index is 1.69. The molecule has 230 valence electrons. The van der Waals surface area contributed by atoms with Crippen molar-refractivity contribution in [1.29, 1.82) is 0 Å². The van der Waals surface area contributed by atoms with E-state index in [1.807, 2.05) is 37.3 Å². The van der Waals surface area contributed by atoms with Crippen molar-refractivity contribution in [1.82, 2.24) is 10.2 Å². The van der Waals surface area contributed by atoms with Gasteiger partial charge in [-0.25, -0.2) is 13.2 Å². The highest BCUT2D eigenvalue weighted by molar-refractivity contribution is 7.90. The number of hydrogen-bond donors (Lipinski definition) is 2. The molecule has 1 unspecified atom stereocenters. The van der Waals surface area contributed by atoms with E-state index in [2.05, 4.69) is 60.5 Å². The maximum absolute atomic E-state index is 13.6. The molecule has 1 aliphatic rings. The molecule has 7 nitrogen and oxygen atoms in total. The monoisotopic (exact) mass is 604 g/mol. The summed E-state index contributed by atoms with van der Waals surface area (Å²) in [5.41, 5.74) is 5.45. The van der Waals surface area contributed by atoms with E-state index in [9.17, 15) is 23.1 Å². The first-order valence-corrected chi connectivity index (χ1v) is 17.2. The minimum atomic E-state index is -3.39. The number of aryl methyl sites for hydroxylation is 1. The molecule has 0 aliphatic heterocycles. The van der Waals surface area contributed by atoms with Crippen LogP contribution in [0.3, 0.4) is 0 Å². The number of rotatable bonds is 13. The number of sulfone groups is 1. The van der Waals surface area contributed by atoms with Gasteiger partial charge in [-0.05, 0) is 86.4 Å². The molecule has 0 spiro atoms. The Bertz CT molecular complexity index is 1530. The maximum Gasteiger partial charge on any atom is 0.326 e. The summed E-state index contributed by atoms with van der Waals surface area (Å²) in [6.07, 6.45) is 6.51. The van der Waals surface area contributed by atoms with Gasteiger partial charge in [-0.3, -0.25) is 9.69 Å². The van der Waals surface area contributed by atoms with Crippen molar-refractivity contribution in [3.05, 3.63) is 95.1 Å². The molecule has 3 aromatic rings. The number of amides is 1. The highest BCUT2D eigenvalue weighted by atomic mass is 32.2. The van der Waals surface area contributed by atoms with Crippen LogP contribution in [-0.4, -0.2) is 59.9 Å². The topological polar surface area (TPSA) is 104 Å². The summed E-state index contributed by atoms with van der Waals surface area (Å²) in [4.78, 5) is 28.1. The largest absolute Gasteiger partial charge is 0.480 e. The van der Waals surface area contributed by atoms with Gasteiger partial charge in [-0.1, -0.05) is 73.5 Å². The number of benzene rings is 3. The van der Waals surface area contributed by atoms with Crippen molar-refractivity contribution in [3.8, 4) is 11.1 Å². The lowest BCUT2D eigenvalue weighted by Gasteiger charge is -2.45. The smallest absolute Gasteiger partial charge is 0.326 e. The summed E-state index contributed by atoms with van der Waals surface area (Å²) in [6.45, 7) is 7.20. The van der Waals surface area contributed by atoms with Crippen molar-refractivity contribution in [2.45, 2.75) is 83.5 Å². The quantitative estimate of drug-likeness (QED) is 0.246. The molecule has 1 amide bonds. The van der Waals surface area contributed by atoms with Gasteiger partial charge in [-0.15, -0.1) is 0 Å². The molecule has 1 aliphatic carbocycles. The molecule has 1 saturated carbocycles. The summed E-state index contributed by atoms with van der Waals surface area (Å²) in [7, 11) is -3.39. The van der Waals surface area contributed by atoms with Gasteiger partial charge in [-0.2, -0.15) is 0 Å². The zero-order chi connectivity index (χ0) is 31.2. The van der Waals surface area contributed by atoms with Crippen LogP contribution >= 0.6 is 0 Å². The molecule has 43 heavy (non-hydrogen) atoms. The fourth-order valence-electron chi connectivity index (χ4n) is 6.48. The van der Waals surface area contributed by atoms with Crippen LogP contribution in [0.4, 0.5) is 0 Å². The SMILES string of the molecule is Cc1ccccc1-c1cc(CN(C(C)C)C2(Cc3ccccc3)CCCC2)ccc1C(=O)NC(CCS(C)(=O)=O)C(=O)O. The van der Waals surface area contributed by atoms with E-state index in [-0.39, 0.29) is 17.7 Å². The Labute approximate surface area is 256 Å². The number of nitrogens with zero attached hydrogens (tertiary/aromatic N) is 1. The van der Waals surface area contributed by atoms with Crippen LogP contribution in [-0.2, 0) is 27.6 Å². The van der Waals surface area contributed by atoms with Crippen molar-refractivity contribution in [2.24, 2.45) is 0 Å². The highest BCUT2D eigenvalue weighted by Gasteiger charge is 2.40. The van der Waals surface area contributed by atoms with Crippen LogP contribution in [0.2, 0.25) is 0 Å². The highest BCUT2D eigenvalue weighted by Crippen LogP contribution is 2.41. The first-order valence-electron chi connectivity index (χ1n) is 15.1. The molecule has 0 saturated heterocycles. The van der Waals surface area contributed by atoms with E-state index in [4.69, 9.17) is 0 Å². The molecule has 8 heteroatoms. The van der Waals surface area contributed by atoms with Gasteiger partial charge in [0.05, 0.1) is 5.75 Å². The van der Waals surface area contributed by atoms with Crippen molar-refractivity contribution < 1.29 is 23.1 Å². The number of nitrogens with one attached hydrogen (secondary N) is 1. The normalized spacial score (nSPS) is 15.5. The summed E-state index contributed by atoms with van der Waals surface area (Å²) in [5, 5.41) is 12.3. The minimum Gasteiger partial charge on any atom is -0.480 e. The van der Waals surface area contributed by atoms with Gasteiger partial charge >= 0.3 is 5.97 Å². The third-order valence-electron chi connectivity index (χ3n) is 8.64. The second kappa shape index (κ2) is 13.9. The number of carboxylic acids is 1. The van der Waals surface area contributed by atoms with E-state index >= 15 is 0 Å². The lowest BCUT2D eigenvalue weighted by atomic mass is 9.85. The van der Waals surface area contributed by atoms with Crippen molar-refractivity contribution in [3.63, 3.8) is 0 Å². The van der Waals surface area contributed by atoms with E-state index in [1.165, 1.54) is 18.4 Å². The van der Waals surface area contributed by atoms with Gasteiger partial charge in [0.15, 0.2) is 0 Å². The average molecular weight is 605 g/mol. The summed E-state index contributed by atoms with van der Waals surface area (Å²) < 4.78 is 23.3. The first-order chi connectivity index (χ1) is 20.4. The lowest BCUT2D eigenvalue weighted by Crippen LogP contribution is -2.51. The molecule has 0 radical (unpaired) electrons. The van der Waals surface area contributed by atoms with Crippen molar-refractivity contribution in [2.75, 3.05) is 12.0 Å². The van der Waals surface area contributed by atoms with Gasteiger partial charge in [0.1, 0.15) is 15.9 Å². The predicted octanol–water partition coefficient (Wildman–Crippen LogP) is 6.05. The zero-order valence-corrected chi connectivity index (χ0v) is 26.5. The van der Waals surface area contributed by atoms with Crippen LogP contribution in [0.5, 0.6) is 0 Å². The first kappa shape index (κ1) is 32.4. The Morgan fingerprint density at radius 2 is 1.58 bits per heavy atom. The number of aliphatic carboxylic acids is 1. The van der Waals surface area contributed by atoms with Gasteiger partial charge in [0.25, 0.3) is 5.91 Å². The Hall–Kier alpha value is -3.49. The van der Waals surface area contributed by atoms with E-state index in [0.29, 0.717) is 11.6 Å². The van der Waals surface area contributed by atoms with Crippen LogP contribution in [0.1, 0.15) is 73.0 Å². The molecule has 1 fully saturated rings. The molecule has 0 heterocycles. The summed E-state index contributed by atoms with van der Waals surface area (Å²) in [6, 6.07) is 23.3. The van der Waals surface area contributed by atoms with E-state index in [1.54, 1.807) is 6.07 Å². The molecule has 0 aromatic heterocycles. The molecule has 3 aromatic carbocycles. The Morgan fingerprint density at radius 1 is 0.930 bits per heavy atom. The second-order valence-corrected chi connectivity index (χ2v) is 14.6. The number of hydrogen-bond acceptors (Lipinski definition) is 5. The summed E-state index contributed by atoms with van der Waals surface area (Å²) in [5.74, 6) is -2.13. The number of carboxylic acid groups (broad SMARTS) is 1. The fraction of sp³-hybridized carbons (Fsp3) is 0.429. The molecular weight excluding hydrogens is 560 g/mol. The van der Waals surface area contributed by atoms with Crippen molar-refractivity contribution >= 4 is 21.7 Å². The summed E-state index contributed by atoms with van der Waals surface area (Å²) >= 11 is 0. The lowest BCUT2D eigenvalue weighted by molar-refractivity contribution is -0.139. The molecule has 0 bridgehead atoms. The average Bonchev–Trinajstić information content (AvgIpc) is 3.42. The molecule has 2 N–H and O–H groups in total. The zero-order valence-electron chi connectivity index (χ0n) is 25.7. The maximum atomic E-state index is 13.6. The second-order valence-electron chi connectivity index (χ2n) is 12.3. The van der Waals surface area contributed by atoms with Crippen LogP contribution in [0.15, 0.2) is 72.8 Å². The van der Waals surface area contributed by atoms with Crippen LogP contribution in [0.25, 0.3) is 11.1 Å². The number of carbonyl (C=O) groups excluding carboxylic acids is 1. The van der Waals surface area contributed by atoms with E-state index in [0.717, 1.165) is 54.3 Å². The van der Waals surface area contributed by atoms with Gasteiger partial charge in [0, 0.05) is 29.9 Å². The third kappa shape index (κ3) is 8.33. The van der Waals surface area contributed by atoms with Crippen LogP contribution in [0, 0.1) is 6.92 Å². The number of carbonyl (C=O) groups is 2. The molecule has 1 atom stereocenters.